The van der Waals surface area contributed by atoms with E-state index in [9.17, 15) is 4.79 Å². The van der Waals surface area contributed by atoms with Gasteiger partial charge in [0.15, 0.2) is 0 Å². The average molecular weight is 284 g/mol. The van der Waals surface area contributed by atoms with Gasteiger partial charge in [-0.2, -0.15) is 0 Å². The molecule has 0 aliphatic carbocycles. The molecule has 0 radical (unpaired) electrons. The summed E-state index contributed by atoms with van der Waals surface area (Å²) in [5.74, 6) is -0.274. The normalized spacial score (nSPS) is 23.3. The number of likely N-dealkylation sites (tertiary alicyclic amines) is 1. The van der Waals surface area contributed by atoms with Crippen molar-refractivity contribution >= 4 is 5.97 Å². The second-order valence-corrected chi connectivity index (χ2v) is 6.19. The van der Waals surface area contributed by atoms with Gasteiger partial charge in [0.2, 0.25) is 0 Å². The zero-order valence-corrected chi connectivity index (χ0v) is 13.5. The van der Waals surface area contributed by atoms with Crippen LogP contribution < -0.4 is 5.73 Å². The Morgan fingerprint density at radius 3 is 2.75 bits per heavy atom. The van der Waals surface area contributed by atoms with Crippen molar-refractivity contribution in [2.24, 2.45) is 5.73 Å². The van der Waals surface area contributed by atoms with E-state index in [4.69, 9.17) is 10.5 Å². The highest BCUT2D eigenvalue weighted by molar-refractivity contribution is 5.79. The lowest BCUT2D eigenvalue weighted by molar-refractivity contribution is -0.149. The minimum Gasteiger partial charge on any atom is -0.465 e. The Bertz CT molecular complexity index is 292. The Balaban J connectivity index is 2.25. The predicted octanol–water partition coefficient (Wildman–Crippen LogP) is 2.70. The molecular weight excluding hydrogens is 252 g/mol. The van der Waals surface area contributed by atoms with Crippen LogP contribution in [0.1, 0.15) is 65.7 Å². The van der Waals surface area contributed by atoms with E-state index >= 15 is 0 Å². The molecule has 2 unspecified atom stereocenters. The van der Waals surface area contributed by atoms with Gasteiger partial charge in [-0.25, -0.2) is 0 Å². The maximum absolute atomic E-state index is 11.7. The Hall–Kier alpha value is -0.610. The molecule has 0 spiro atoms. The standard InChI is InChI=1S/C16H32N2O2/c1-4-14-10-6-8-12-18(14)13-9-7-11-16(3,17)15(19)20-5-2/h14H,4-13,17H2,1-3H3. The number of rotatable bonds is 8. The fourth-order valence-corrected chi connectivity index (χ4v) is 3.02. The molecule has 0 aromatic heterocycles. The summed E-state index contributed by atoms with van der Waals surface area (Å²) in [5.41, 5.74) is 5.20. The van der Waals surface area contributed by atoms with Crippen molar-refractivity contribution in [1.29, 1.82) is 0 Å². The summed E-state index contributed by atoms with van der Waals surface area (Å²) in [5, 5.41) is 0. The highest BCUT2D eigenvalue weighted by Gasteiger charge is 2.29. The third-order valence-electron chi connectivity index (χ3n) is 4.35. The molecule has 0 saturated carbocycles. The fourth-order valence-electron chi connectivity index (χ4n) is 3.02. The number of unbranched alkanes of at least 4 members (excludes halogenated alkanes) is 1. The topological polar surface area (TPSA) is 55.6 Å². The summed E-state index contributed by atoms with van der Waals surface area (Å²) >= 11 is 0. The van der Waals surface area contributed by atoms with Gasteiger partial charge in [-0.05, 0) is 65.5 Å². The van der Waals surface area contributed by atoms with Gasteiger partial charge >= 0.3 is 5.97 Å². The van der Waals surface area contributed by atoms with Gasteiger partial charge in [-0.15, -0.1) is 0 Å². The smallest absolute Gasteiger partial charge is 0.325 e. The summed E-state index contributed by atoms with van der Waals surface area (Å²) < 4.78 is 5.01. The average Bonchev–Trinajstić information content (AvgIpc) is 2.44. The lowest BCUT2D eigenvalue weighted by Gasteiger charge is -2.35. The van der Waals surface area contributed by atoms with Crippen LogP contribution in [0.15, 0.2) is 0 Å². The minimum atomic E-state index is -0.831. The highest BCUT2D eigenvalue weighted by atomic mass is 16.5. The molecular formula is C16H32N2O2. The quantitative estimate of drug-likeness (QED) is 0.550. The first-order chi connectivity index (χ1) is 9.51. The van der Waals surface area contributed by atoms with Crippen molar-refractivity contribution in [3.63, 3.8) is 0 Å². The molecule has 2 atom stereocenters. The number of nitrogens with two attached hydrogens (primary N) is 1. The molecule has 0 aromatic carbocycles. The molecule has 1 saturated heterocycles. The van der Waals surface area contributed by atoms with Gasteiger partial charge in [0.05, 0.1) is 6.61 Å². The summed E-state index contributed by atoms with van der Waals surface area (Å²) in [7, 11) is 0. The van der Waals surface area contributed by atoms with Crippen LogP contribution >= 0.6 is 0 Å². The summed E-state index contributed by atoms with van der Waals surface area (Å²) in [4.78, 5) is 14.3. The number of esters is 1. The Labute approximate surface area is 124 Å². The van der Waals surface area contributed by atoms with E-state index in [0.29, 0.717) is 13.0 Å². The van der Waals surface area contributed by atoms with Gasteiger partial charge in [0, 0.05) is 6.04 Å². The Morgan fingerprint density at radius 1 is 1.35 bits per heavy atom. The molecule has 1 heterocycles. The first-order valence-electron chi connectivity index (χ1n) is 8.21. The molecule has 2 N–H and O–H groups in total. The van der Waals surface area contributed by atoms with Crippen LogP contribution in [0.4, 0.5) is 0 Å². The van der Waals surface area contributed by atoms with E-state index in [1.165, 1.54) is 32.2 Å². The predicted molar refractivity (Wildman–Crippen MR) is 82.6 cm³/mol. The first-order valence-corrected chi connectivity index (χ1v) is 8.21. The van der Waals surface area contributed by atoms with E-state index < -0.39 is 5.54 Å². The van der Waals surface area contributed by atoms with Crippen LogP contribution in [-0.4, -0.2) is 42.1 Å². The van der Waals surface area contributed by atoms with Crippen LogP contribution in [-0.2, 0) is 9.53 Å². The largest absolute Gasteiger partial charge is 0.465 e. The molecule has 0 aromatic rings. The number of ether oxygens (including phenoxy) is 1. The molecule has 20 heavy (non-hydrogen) atoms. The second-order valence-electron chi connectivity index (χ2n) is 6.19. The molecule has 1 aliphatic rings. The van der Waals surface area contributed by atoms with Crippen molar-refractivity contribution < 1.29 is 9.53 Å². The molecule has 0 amide bonds. The zero-order valence-electron chi connectivity index (χ0n) is 13.5. The third-order valence-corrected chi connectivity index (χ3v) is 4.35. The van der Waals surface area contributed by atoms with Crippen molar-refractivity contribution in [3.8, 4) is 0 Å². The van der Waals surface area contributed by atoms with E-state index in [0.717, 1.165) is 25.4 Å². The van der Waals surface area contributed by atoms with Crippen molar-refractivity contribution in [2.45, 2.75) is 77.3 Å². The van der Waals surface area contributed by atoms with Crippen LogP contribution in [0, 0.1) is 0 Å². The molecule has 4 nitrogen and oxygen atoms in total. The van der Waals surface area contributed by atoms with Crippen LogP contribution in [0.2, 0.25) is 0 Å². The SMILES string of the molecule is CCOC(=O)C(C)(N)CCCCN1CCCCC1CC. The summed E-state index contributed by atoms with van der Waals surface area (Å²) in [6, 6.07) is 0.762. The zero-order chi connectivity index (χ0) is 15.0. The van der Waals surface area contributed by atoms with Gasteiger partial charge in [0.25, 0.3) is 0 Å². The van der Waals surface area contributed by atoms with E-state index in [1.807, 2.05) is 6.92 Å². The van der Waals surface area contributed by atoms with E-state index in [2.05, 4.69) is 11.8 Å². The maximum atomic E-state index is 11.7. The van der Waals surface area contributed by atoms with Gasteiger partial charge < -0.3 is 15.4 Å². The number of carbonyl (C=O) groups is 1. The molecule has 4 heteroatoms. The van der Waals surface area contributed by atoms with Crippen LogP contribution in [0.25, 0.3) is 0 Å². The number of piperidine rings is 1. The molecule has 0 bridgehead atoms. The second kappa shape index (κ2) is 8.63. The molecule has 1 rings (SSSR count). The lowest BCUT2D eigenvalue weighted by Crippen LogP contribution is -2.46. The number of hydrogen-bond acceptors (Lipinski definition) is 4. The van der Waals surface area contributed by atoms with Crippen molar-refractivity contribution in [1.82, 2.24) is 4.90 Å². The van der Waals surface area contributed by atoms with Crippen LogP contribution in [0.5, 0.6) is 0 Å². The van der Waals surface area contributed by atoms with Gasteiger partial charge in [-0.3, -0.25) is 4.79 Å². The monoisotopic (exact) mass is 284 g/mol. The number of hydrogen-bond donors (Lipinski definition) is 1. The van der Waals surface area contributed by atoms with Crippen LogP contribution in [0.3, 0.4) is 0 Å². The fraction of sp³-hybridized carbons (Fsp3) is 0.938. The summed E-state index contributed by atoms with van der Waals surface area (Å²) in [6.07, 6.45) is 8.09. The Kier molecular flexibility index (Phi) is 7.52. The van der Waals surface area contributed by atoms with Crippen molar-refractivity contribution in [3.05, 3.63) is 0 Å². The lowest BCUT2D eigenvalue weighted by atomic mass is 9.95. The highest BCUT2D eigenvalue weighted by Crippen LogP contribution is 2.20. The van der Waals surface area contributed by atoms with Gasteiger partial charge in [-0.1, -0.05) is 13.3 Å². The minimum absolute atomic E-state index is 0.274. The van der Waals surface area contributed by atoms with E-state index in [-0.39, 0.29) is 5.97 Å². The molecule has 1 aliphatic heterocycles. The van der Waals surface area contributed by atoms with Crippen molar-refractivity contribution in [2.75, 3.05) is 19.7 Å². The third kappa shape index (κ3) is 5.41. The molecule has 1 fully saturated rings. The molecule has 118 valence electrons. The van der Waals surface area contributed by atoms with Gasteiger partial charge in [0.1, 0.15) is 5.54 Å². The number of carbonyl (C=O) groups excluding carboxylic acids is 1. The first kappa shape index (κ1) is 17.4. The summed E-state index contributed by atoms with van der Waals surface area (Å²) in [6.45, 7) is 8.64. The maximum Gasteiger partial charge on any atom is 0.325 e. The van der Waals surface area contributed by atoms with E-state index in [1.54, 1.807) is 6.92 Å². The number of nitrogens with zero attached hydrogens (tertiary/aromatic N) is 1. The Morgan fingerprint density at radius 2 is 2.10 bits per heavy atom.